The summed E-state index contributed by atoms with van der Waals surface area (Å²) in [6, 6.07) is 7.65. The summed E-state index contributed by atoms with van der Waals surface area (Å²) in [7, 11) is 1.76. The maximum Gasteiger partial charge on any atom is 0.250 e. The summed E-state index contributed by atoms with van der Waals surface area (Å²) in [5, 5.41) is 0. The molecule has 142 valence electrons. The molecule has 1 aliphatic rings. The quantitative estimate of drug-likeness (QED) is 0.704. The molecule has 28 heavy (non-hydrogen) atoms. The molecule has 0 atom stereocenters. The van der Waals surface area contributed by atoms with E-state index in [0.29, 0.717) is 12.8 Å². The van der Waals surface area contributed by atoms with E-state index in [4.69, 9.17) is 0 Å². The number of fused-ring (bicyclic) bond motifs is 1. The minimum atomic E-state index is -0.0135. The van der Waals surface area contributed by atoms with E-state index in [9.17, 15) is 9.59 Å². The molecule has 0 bridgehead atoms. The van der Waals surface area contributed by atoms with E-state index in [0.717, 1.165) is 33.6 Å². The summed E-state index contributed by atoms with van der Waals surface area (Å²) in [6.45, 7) is 3.97. The molecule has 0 aliphatic carbocycles. The number of carbonyl (C=O) groups is 1. The summed E-state index contributed by atoms with van der Waals surface area (Å²) >= 11 is 0. The monoisotopic (exact) mass is 374 g/mol. The second-order valence-corrected chi connectivity index (χ2v) is 7.38. The predicted molar refractivity (Wildman–Crippen MR) is 109 cm³/mol. The van der Waals surface area contributed by atoms with Gasteiger partial charge in [-0.3, -0.25) is 19.5 Å². The lowest BCUT2D eigenvalue weighted by atomic mass is 9.99. The van der Waals surface area contributed by atoms with Gasteiger partial charge in [-0.25, -0.2) is 4.98 Å². The van der Waals surface area contributed by atoms with Crippen molar-refractivity contribution in [2.24, 2.45) is 0 Å². The van der Waals surface area contributed by atoms with Crippen molar-refractivity contribution < 1.29 is 4.79 Å². The number of aryl methyl sites for hydroxylation is 1. The molecule has 4 heterocycles. The second-order valence-electron chi connectivity index (χ2n) is 7.38. The molecule has 0 spiro atoms. The third kappa shape index (κ3) is 3.22. The van der Waals surface area contributed by atoms with E-state index in [-0.39, 0.29) is 17.5 Å². The summed E-state index contributed by atoms with van der Waals surface area (Å²) < 4.78 is 1.72. The van der Waals surface area contributed by atoms with Gasteiger partial charge in [-0.15, -0.1) is 0 Å². The Balaban J connectivity index is 1.73. The molecule has 4 rings (SSSR count). The smallest absolute Gasteiger partial charge is 0.250 e. The van der Waals surface area contributed by atoms with E-state index >= 15 is 0 Å². The Hall–Kier alpha value is -3.28. The van der Waals surface area contributed by atoms with E-state index in [1.165, 1.54) is 0 Å². The van der Waals surface area contributed by atoms with Crippen LogP contribution in [0.3, 0.4) is 0 Å². The average molecular weight is 374 g/mol. The van der Waals surface area contributed by atoms with Crippen LogP contribution in [0.5, 0.6) is 0 Å². The summed E-state index contributed by atoms with van der Waals surface area (Å²) in [4.78, 5) is 34.4. The lowest BCUT2D eigenvalue weighted by molar-refractivity contribution is -0.118. The van der Waals surface area contributed by atoms with Gasteiger partial charge in [0.2, 0.25) is 5.91 Å². The summed E-state index contributed by atoms with van der Waals surface area (Å²) in [6.07, 6.45) is 8.47. The van der Waals surface area contributed by atoms with Gasteiger partial charge >= 0.3 is 0 Å². The molecule has 6 heteroatoms. The topological polar surface area (TPSA) is 68.1 Å². The van der Waals surface area contributed by atoms with Crippen molar-refractivity contribution in [1.29, 1.82) is 0 Å². The first kappa shape index (κ1) is 18.1. The number of hydrogen-bond acceptors (Lipinski definition) is 4. The molecule has 0 unspecified atom stereocenters. The molecule has 0 fully saturated rings. The van der Waals surface area contributed by atoms with Crippen LogP contribution in [0.15, 0.2) is 53.8 Å². The van der Waals surface area contributed by atoms with Crippen molar-refractivity contribution in [3.63, 3.8) is 0 Å². The van der Waals surface area contributed by atoms with Crippen LogP contribution in [0.1, 0.15) is 31.9 Å². The Morgan fingerprint density at radius 3 is 2.39 bits per heavy atom. The molecule has 0 radical (unpaired) electrons. The second kappa shape index (κ2) is 7.03. The molecule has 0 N–H and O–H groups in total. The normalized spacial score (nSPS) is 13.7. The number of rotatable bonds is 3. The Morgan fingerprint density at radius 2 is 1.64 bits per heavy atom. The fourth-order valence-electron chi connectivity index (χ4n) is 3.51. The van der Waals surface area contributed by atoms with Crippen LogP contribution in [0.25, 0.3) is 22.3 Å². The maximum atomic E-state index is 12.0. The predicted octanol–water partition coefficient (Wildman–Crippen LogP) is 3.46. The van der Waals surface area contributed by atoms with Crippen molar-refractivity contribution in [2.75, 3.05) is 11.9 Å². The lowest BCUT2D eigenvalue weighted by Gasteiger charge is -2.24. The van der Waals surface area contributed by atoms with E-state index in [1.807, 2.05) is 32.3 Å². The fourth-order valence-corrected chi connectivity index (χ4v) is 3.51. The van der Waals surface area contributed by atoms with Crippen LogP contribution in [-0.4, -0.2) is 27.5 Å². The van der Waals surface area contributed by atoms with Gasteiger partial charge in [0.1, 0.15) is 5.82 Å². The molecule has 1 aliphatic heterocycles. The minimum Gasteiger partial charge on any atom is -0.312 e. The van der Waals surface area contributed by atoms with Gasteiger partial charge in [-0.05, 0) is 49.6 Å². The van der Waals surface area contributed by atoms with Crippen LogP contribution in [0, 0.1) is 0 Å². The van der Waals surface area contributed by atoms with E-state index in [2.05, 4.69) is 22.1 Å². The fraction of sp³-hybridized carbons (Fsp3) is 0.273. The van der Waals surface area contributed by atoms with Crippen LogP contribution < -0.4 is 10.5 Å². The molecule has 6 nitrogen and oxygen atoms in total. The third-order valence-corrected chi connectivity index (χ3v) is 5.14. The van der Waals surface area contributed by atoms with Gasteiger partial charge < -0.3 is 4.57 Å². The number of nitrogens with zero attached hydrogens (tertiary/aromatic N) is 4. The zero-order valence-corrected chi connectivity index (χ0v) is 16.2. The number of hydrogen-bond donors (Lipinski definition) is 0. The Bertz CT molecular complexity index is 1120. The summed E-state index contributed by atoms with van der Waals surface area (Å²) in [5.74, 6) is 0.824. The Morgan fingerprint density at radius 1 is 0.929 bits per heavy atom. The maximum absolute atomic E-state index is 12.0. The molecule has 3 aromatic rings. The van der Waals surface area contributed by atoms with Gasteiger partial charge in [0.05, 0.1) is 0 Å². The van der Waals surface area contributed by atoms with Gasteiger partial charge in [-0.1, -0.05) is 0 Å². The lowest BCUT2D eigenvalue weighted by Crippen LogP contribution is -2.31. The first-order valence-corrected chi connectivity index (χ1v) is 9.37. The number of carbonyl (C=O) groups excluding carboxylic acids is 1. The molecule has 0 saturated carbocycles. The van der Waals surface area contributed by atoms with Crippen molar-refractivity contribution >= 4 is 11.7 Å². The van der Waals surface area contributed by atoms with Crippen molar-refractivity contribution in [3.05, 3.63) is 65.0 Å². The summed E-state index contributed by atoms with van der Waals surface area (Å²) in [5.41, 5.74) is 4.86. The molecular weight excluding hydrogens is 352 g/mol. The highest BCUT2D eigenvalue weighted by molar-refractivity contribution is 5.95. The van der Waals surface area contributed by atoms with E-state index in [1.54, 1.807) is 35.0 Å². The van der Waals surface area contributed by atoms with Crippen molar-refractivity contribution in [2.45, 2.75) is 32.7 Å². The zero-order chi connectivity index (χ0) is 19.8. The number of aromatic nitrogens is 3. The van der Waals surface area contributed by atoms with Crippen molar-refractivity contribution in [1.82, 2.24) is 14.5 Å². The van der Waals surface area contributed by atoms with Crippen molar-refractivity contribution in [3.8, 4) is 22.3 Å². The van der Waals surface area contributed by atoms with E-state index < -0.39 is 0 Å². The molecule has 0 saturated heterocycles. The molecule has 3 aromatic heterocycles. The van der Waals surface area contributed by atoms with Crippen LogP contribution in [-0.2, 0) is 11.2 Å². The highest BCUT2D eigenvalue weighted by Gasteiger charge is 2.22. The Kier molecular flexibility index (Phi) is 4.55. The SMILES string of the molecule is CC(C)n1cc(-c2cncc(-c3cnc4c(c3)CCC(=O)N4C)c2)ccc1=O. The van der Waals surface area contributed by atoms with Gasteiger partial charge in [0, 0.05) is 67.1 Å². The number of amides is 1. The average Bonchev–Trinajstić information content (AvgIpc) is 2.71. The molecular formula is C22H22N4O2. The van der Waals surface area contributed by atoms with Crippen LogP contribution in [0.4, 0.5) is 5.82 Å². The first-order chi connectivity index (χ1) is 13.4. The molecule has 1 amide bonds. The van der Waals surface area contributed by atoms with Gasteiger partial charge in [0.25, 0.3) is 5.56 Å². The molecule has 0 aromatic carbocycles. The number of anilines is 1. The van der Waals surface area contributed by atoms with Gasteiger partial charge in [-0.2, -0.15) is 0 Å². The largest absolute Gasteiger partial charge is 0.312 e. The van der Waals surface area contributed by atoms with Crippen LogP contribution in [0.2, 0.25) is 0 Å². The minimum absolute atomic E-state index is 0.0135. The highest BCUT2D eigenvalue weighted by atomic mass is 16.2. The van der Waals surface area contributed by atoms with Crippen LogP contribution >= 0.6 is 0 Å². The standard InChI is InChI=1S/C22H22N4O2/c1-14(2)26-13-16(5-7-21(26)28)17-9-18(11-23-10-17)19-8-15-4-6-20(27)25(3)22(15)24-12-19/h5,7-14H,4,6H2,1-3H3. The first-order valence-electron chi connectivity index (χ1n) is 9.37. The Labute approximate surface area is 163 Å². The zero-order valence-electron chi connectivity index (χ0n) is 16.2. The number of pyridine rings is 3. The highest BCUT2D eigenvalue weighted by Crippen LogP contribution is 2.30. The third-order valence-electron chi connectivity index (χ3n) is 5.14. The van der Waals surface area contributed by atoms with Gasteiger partial charge in [0.15, 0.2) is 0 Å².